The van der Waals surface area contributed by atoms with Crippen LogP contribution in [0.1, 0.15) is 27.6 Å². The molecule has 2 N–H and O–H groups in total. The fourth-order valence-electron chi connectivity index (χ4n) is 1.90. The van der Waals surface area contributed by atoms with Gasteiger partial charge >= 0.3 is 5.97 Å². The minimum atomic E-state index is -1.21. The highest BCUT2D eigenvalue weighted by Gasteiger charge is 2.15. The molecule has 2 aromatic carbocycles. The molecule has 5 nitrogen and oxygen atoms in total. The number of benzene rings is 2. The second-order valence-corrected chi connectivity index (χ2v) is 5.35. The van der Waals surface area contributed by atoms with E-state index in [-0.39, 0.29) is 21.3 Å². The van der Waals surface area contributed by atoms with Crippen molar-refractivity contribution in [2.45, 2.75) is 6.92 Å². The number of halogens is 2. The standard InChI is InChI=1S/C16H13Cl2NO4/c1-2-23-10-5-3-4-9(6-10)15(20)19-14-7-11(16(21)22)12(17)8-13(14)18/h3-8H,2H2,1H3,(H,19,20)(H,21,22). The molecule has 0 aromatic heterocycles. The van der Waals surface area contributed by atoms with E-state index >= 15 is 0 Å². The van der Waals surface area contributed by atoms with Crippen LogP contribution < -0.4 is 10.1 Å². The second kappa shape index (κ2) is 7.35. The highest BCUT2D eigenvalue weighted by Crippen LogP contribution is 2.30. The Hall–Kier alpha value is -2.24. The van der Waals surface area contributed by atoms with Gasteiger partial charge in [-0.3, -0.25) is 4.79 Å². The summed E-state index contributed by atoms with van der Waals surface area (Å²) >= 11 is 11.8. The van der Waals surface area contributed by atoms with Crippen LogP contribution in [0.15, 0.2) is 36.4 Å². The zero-order valence-corrected chi connectivity index (χ0v) is 13.6. The van der Waals surface area contributed by atoms with E-state index < -0.39 is 11.9 Å². The first-order valence-corrected chi connectivity index (χ1v) is 7.44. The minimum Gasteiger partial charge on any atom is -0.494 e. The first-order chi connectivity index (χ1) is 10.9. The molecule has 0 aliphatic heterocycles. The van der Waals surface area contributed by atoms with Gasteiger partial charge in [-0.25, -0.2) is 4.79 Å². The Morgan fingerprint density at radius 2 is 1.91 bits per heavy atom. The van der Waals surface area contributed by atoms with E-state index in [1.54, 1.807) is 24.3 Å². The molecule has 120 valence electrons. The molecule has 0 heterocycles. The second-order valence-electron chi connectivity index (χ2n) is 4.53. The molecule has 0 aliphatic rings. The molecule has 2 aromatic rings. The van der Waals surface area contributed by atoms with Gasteiger partial charge < -0.3 is 15.2 Å². The van der Waals surface area contributed by atoms with Gasteiger partial charge in [0, 0.05) is 5.56 Å². The van der Waals surface area contributed by atoms with E-state index in [1.807, 2.05) is 6.92 Å². The zero-order valence-electron chi connectivity index (χ0n) is 12.1. The molecule has 0 aliphatic carbocycles. The number of hydrogen-bond acceptors (Lipinski definition) is 3. The van der Waals surface area contributed by atoms with Gasteiger partial charge in [0.25, 0.3) is 5.91 Å². The third-order valence-corrected chi connectivity index (χ3v) is 3.57. The van der Waals surface area contributed by atoms with Crippen LogP contribution in [0, 0.1) is 0 Å². The number of carbonyl (C=O) groups is 2. The number of anilines is 1. The third kappa shape index (κ3) is 4.15. The van der Waals surface area contributed by atoms with Gasteiger partial charge in [0.1, 0.15) is 5.75 Å². The molecule has 2 rings (SSSR count). The van der Waals surface area contributed by atoms with Crippen molar-refractivity contribution in [1.82, 2.24) is 0 Å². The topological polar surface area (TPSA) is 75.6 Å². The lowest BCUT2D eigenvalue weighted by atomic mass is 10.1. The van der Waals surface area contributed by atoms with Crippen molar-refractivity contribution in [2.24, 2.45) is 0 Å². The van der Waals surface area contributed by atoms with Crippen LogP contribution in [0.3, 0.4) is 0 Å². The van der Waals surface area contributed by atoms with Gasteiger partial charge in [-0.2, -0.15) is 0 Å². The summed E-state index contributed by atoms with van der Waals surface area (Å²) in [6.07, 6.45) is 0. The summed E-state index contributed by atoms with van der Waals surface area (Å²) in [7, 11) is 0. The lowest BCUT2D eigenvalue weighted by molar-refractivity contribution is 0.0696. The highest BCUT2D eigenvalue weighted by atomic mass is 35.5. The lowest BCUT2D eigenvalue weighted by Gasteiger charge is -2.10. The summed E-state index contributed by atoms with van der Waals surface area (Å²) in [4.78, 5) is 23.4. The molecular formula is C16H13Cl2NO4. The van der Waals surface area contributed by atoms with Crippen molar-refractivity contribution in [3.8, 4) is 5.75 Å². The summed E-state index contributed by atoms with van der Waals surface area (Å²) in [6.45, 7) is 2.32. The Morgan fingerprint density at radius 3 is 2.57 bits per heavy atom. The van der Waals surface area contributed by atoms with E-state index in [2.05, 4.69) is 5.32 Å². The average Bonchev–Trinajstić information content (AvgIpc) is 2.50. The maximum absolute atomic E-state index is 12.3. The van der Waals surface area contributed by atoms with Crippen molar-refractivity contribution in [2.75, 3.05) is 11.9 Å². The predicted molar refractivity (Wildman–Crippen MR) is 89.0 cm³/mol. The molecule has 0 fully saturated rings. The van der Waals surface area contributed by atoms with E-state index in [9.17, 15) is 9.59 Å². The fraction of sp³-hybridized carbons (Fsp3) is 0.125. The van der Waals surface area contributed by atoms with Crippen molar-refractivity contribution >= 4 is 40.8 Å². The molecule has 0 spiro atoms. The molecule has 0 unspecified atom stereocenters. The van der Waals surface area contributed by atoms with Crippen LogP contribution in [-0.2, 0) is 0 Å². The highest BCUT2D eigenvalue weighted by molar-refractivity contribution is 6.38. The quantitative estimate of drug-likeness (QED) is 0.837. The fourth-order valence-corrected chi connectivity index (χ4v) is 2.41. The van der Waals surface area contributed by atoms with Crippen LogP contribution in [0.4, 0.5) is 5.69 Å². The molecule has 1 amide bonds. The number of carboxylic acids is 1. The largest absolute Gasteiger partial charge is 0.494 e. The van der Waals surface area contributed by atoms with Gasteiger partial charge in [0.05, 0.1) is 27.9 Å². The molecule has 0 saturated heterocycles. The minimum absolute atomic E-state index is 0.00107. The Kier molecular flexibility index (Phi) is 5.47. The van der Waals surface area contributed by atoms with Crippen LogP contribution in [-0.4, -0.2) is 23.6 Å². The first kappa shape index (κ1) is 17.1. The van der Waals surface area contributed by atoms with Gasteiger partial charge in [0.15, 0.2) is 0 Å². The summed E-state index contributed by atoms with van der Waals surface area (Å²) in [5.74, 6) is -1.08. The van der Waals surface area contributed by atoms with Crippen LogP contribution in [0.25, 0.3) is 0 Å². The van der Waals surface area contributed by atoms with E-state index in [0.29, 0.717) is 17.9 Å². The summed E-state index contributed by atoms with van der Waals surface area (Å²) < 4.78 is 5.34. The Labute approximate surface area is 142 Å². The van der Waals surface area contributed by atoms with Crippen molar-refractivity contribution < 1.29 is 19.4 Å². The number of amides is 1. The van der Waals surface area contributed by atoms with Crippen LogP contribution in [0.5, 0.6) is 5.75 Å². The Balaban J connectivity index is 2.28. The number of rotatable bonds is 5. The van der Waals surface area contributed by atoms with Crippen LogP contribution >= 0.6 is 23.2 Å². The number of carboxylic acid groups (broad SMARTS) is 1. The number of carbonyl (C=O) groups excluding carboxylic acids is 1. The smallest absolute Gasteiger partial charge is 0.337 e. The Morgan fingerprint density at radius 1 is 1.17 bits per heavy atom. The zero-order chi connectivity index (χ0) is 17.0. The molecule has 0 bridgehead atoms. The average molecular weight is 354 g/mol. The van der Waals surface area contributed by atoms with Gasteiger partial charge in [-0.15, -0.1) is 0 Å². The van der Waals surface area contributed by atoms with E-state index in [4.69, 9.17) is 33.0 Å². The number of aromatic carboxylic acids is 1. The maximum Gasteiger partial charge on any atom is 0.337 e. The molecule has 0 saturated carbocycles. The normalized spacial score (nSPS) is 10.2. The lowest BCUT2D eigenvalue weighted by Crippen LogP contribution is -2.13. The predicted octanol–water partition coefficient (Wildman–Crippen LogP) is 4.34. The molecule has 0 atom stereocenters. The molecular weight excluding hydrogens is 341 g/mol. The monoisotopic (exact) mass is 353 g/mol. The first-order valence-electron chi connectivity index (χ1n) is 6.69. The number of ether oxygens (including phenoxy) is 1. The van der Waals surface area contributed by atoms with Gasteiger partial charge in [-0.05, 0) is 37.3 Å². The summed E-state index contributed by atoms with van der Waals surface area (Å²) in [5.41, 5.74) is 0.383. The van der Waals surface area contributed by atoms with Gasteiger partial charge in [-0.1, -0.05) is 29.3 Å². The van der Waals surface area contributed by atoms with Gasteiger partial charge in [0.2, 0.25) is 0 Å². The van der Waals surface area contributed by atoms with Crippen molar-refractivity contribution in [1.29, 1.82) is 0 Å². The SMILES string of the molecule is CCOc1cccc(C(=O)Nc2cc(C(=O)O)c(Cl)cc2Cl)c1. The van der Waals surface area contributed by atoms with Crippen molar-refractivity contribution in [3.63, 3.8) is 0 Å². The number of nitrogens with one attached hydrogen (secondary N) is 1. The summed E-state index contributed by atoms with van der Waals surface area (Å²) in [6, 6.07) is 9.11. The Bertz CT molecular complexity index is 762. The number of hydrogen-bond donors (Lipinski definition) is 2. The van der Waals surface area contributed by atoms with E-state index in [0.717, 1.165) is 0 Å². The van der Waals surface area contributed by atoms with E-state index in [1.165, 1.54) is 12.1 Å². The van der Waals surface area contributed by atoms with Crippen LogP contribution in [0.2, 0.25) is 10.0 Å². The summed E-state index contributed by atoms with van der Waals surface area (Å²) in [5, 5.41) is 11.8. The maximum atomic E-state index is 12.3. The molecule has 0 radical (unpaired) electrons. The van der Waals surface area contributed by atoms with Crippen molar-refractivity contribution in [3.05, 3.63) is 57.6 Å². The molecule has 23 heavy (non-hydrogen) atoms. The molecule has 7 heteroatoms. The third-order valence-electron chi connectivity index (χ3n) is 2.94.